The molecule has 2 saturated carbocycles. The maximum absolute atomic E-state index is 11.9. The van der Waals surface area contributed by atoms with E-state index >= 15 is 0 Å². The number of aliphatic hydroxyl groups is 1. The Balaban J connectivity index is 1.69. The summed E-state index contributed by atoms with van der Waals surface area (Å²) >= 11 is 0. The van der Waals surface area contributed by atoms with Gasteiger partial charge in [-0.25, -0.2) is 0 Å². The molecule has 1 aromatic rings. The van der Waals surface area contributed by atoms with Gasteiger partial charge in [0.15, 0.2) is 0 Å². The second-order valence-electron chi connectivity index (χ2n) is 9.54. The number of benzene rings is 1. The molecule has 3 aliphatic rings. The van der Waals surface area contributed by atoms with Crippen LogP contribution in [-0.4, -0.2) is 40.6 Å². The number of fused-ring (bicyclic) bond motifs is 1. The van der Waals surface area contributed by atoms with E-state index in [0.717, 1.165) is 18.4 Å². The van der Waals surface area contributed by atoms with Gasteiger partial charge in [-0.2, -0.15) is 0 Å². The predicted octanol–water partition coefficient (Wildman–Crippen LogP) is 4.09. The van der Waals surface area contributed by atoms with Gasteiger partial charge in [0.1, 0.15) is 17.8 Å². The second kappa shape index (κ2) is 7.13. The van der Waals surface area contributed by atoms with Gasteiger partial charge in [0.2, 0.25) is 0 Å². The molecule has 0 radical (unpaired) electrons. The topological polar surface area (TPSA) is 65.0 Å². The number of hydrogen-bond acceptors (Lipinski definition) is 5. The van der Waals surface area contributed by atoms with Crippen LogP contribution in [0.1, 0.15) is 58.9 Å². The van der Waals surface area contributed by atoms with Crippen molar-refractivity contribution in [2.75, 3.05) is 0 Å². The minimum absolute atomic E-state index is 0.220. The summed E-state index contributed by atoms with van der Waals surface area (Å²) in [7, 11) is 0. The zero-order valence-corrected chi connectivity index (χ0v) is 17.8. The van der Waals surface area contributed by atoms with Gasteiger partial charge in [0.05, 0.1) is 23.4 Å². The summed E-state index contributed by atoms with van der Waals surface area (Å²) in [5, 5.41) is 11.1. The van der Waals surface area contributed by atoms with Crippen molar-refractivity contribution in [3.63, 3.8) is 0 Å². The molecule has 1 aliphatic heterocycles. The highest BCUT2D eigenvalue weighted by molar-refractivity contribution is 5.66. The largest absolute Gasteiger partial charge is 0.497 e. The Kier molecular flexibility index (Phi) is 5.02. The molecule has 1 saturated heterocycles. The van der Waals surface area contributed by atoms with Crippen LogP contribution >= 0.6 is 0 Å². The molecule has 6 atom stereocenters. The first-order chi connectivity index (χ1) is 13.7. The number of aliphatic hydroxyl groups excluding tert-OH is 1. The monoisotopic (exact) mass is 400 g/mol. The summed E-state index contributed by atoms with van der Waals surface area (Å²) < 4.78 is 18.8. The Hall–Kier alpha value is -1.85. The maximum atomic E-state index is 11.9. The lowest BCUT2D eigenvalue weighted by atomic mass is 9.52. The minimum Gasteiger partial charge on any atom is -0.497 e. The van der Waals surface area contributed by atoms with Crippen LogP contribution in [0, 0.1) is 11.3 Å². The Morgan fingerprint density at radius 2 is 1.90 bits per heavy atom. The molecule has 4 rings (SSSR count). The molecule has 29 heavy (non-hydrogen) atoms. The molecule has 0 unspecified atom stereocenters. The third kappa shape index (κ3) is 3.19. The Morgan fingerprint density at radius 3 is 2.59 bits per heavy atom. The van der Waals surface area contributed by atoms with Crippen LogP contribution in [0.15, 0.2) is 36.6 Å². The molecule has 1 N–H and O–H groups in total. The molecule has 5 nitrogen and oxygen atoms in total. The number of rotatable bonds is 4. The van der Waals surface area contributed by atoms with E-state index in [0.29, 0.717) is 12.8 Å². The molecule has 158 valence electrons. The molecule has 3 fully saturated rings. The molecule has 2 aliphatic carbocycles. The standard InChI is InChI=1S/C24H32O5/c1-16(25)28-20-11-10-19(26)24-15-18(22(2,3)29-24)14-21(23(20,24)4)27-13-12-17-8-6-5-7-9-17/h5-9,12-13,18-21,26H,10-11,14-15H2,1-4H3/t18-,19-,20+,21+,23+,24+/m1/s1. The van der Waals surface area contributed by atoms with E-state index in [1.807, 2.05) is 36.4 Å². The number of hydrogen-bond donors (Lipinski definition) is 1. The molecule has 5 heteroatoms. The summed E-state index contributed by atoms with van der Waals surface area (Å²) in [6, 6.07) is 9.99. The smallest absolute Gasteiger partial charge is 0.302 e. The third-order valence-corrected chi connectivity index (χ3v) is 7.58. The summed E-state index contributed by atoms with van der Waals surface area (Å²) in [6.45, 7) is 7.70. The molecule has 1 heterocycles. The molecular formula is C24H32O5. The van der Waals surface area contributed by atoms with Crippen LogP contribution in [0.5, 0.6) is 0 Å². The van der Waals surface area contributed by atoms with Crippen molar-refractivity contribution < 1.29 is 24.1 Å². The number of carbonyl (C=O) groups is 1. The first kappa shape index (κ1) is 20.4. The summed E-state index contributed by atoms with van der Waals surface area (Å²) in [5.74, 6) is -0.0304. The molecule has 0 aromatic heterocycles. The highest BCUT2D eigenvalue weighted by atomic mass is 16.6. The van der Waals surface area contributed by atoms with Crippen molar-refractivity contribution in [1.29, 1.82) is 0 Å². The quantitative estimate of drug-likeness (QED) is 0.609. The second-order valence-corrected chi connectivity index (χ2v) is 9.54. The molecule has 1 spiro atoms. The summed E-state index contributed by atoms with van der Waals surface area (Å²) in [4.78, 5) is 11.9. The van der Waals surface area contributed by atoms with E-state index in [9.17, 15) is 9.90 Å². The molecule has 0 amide bonds. The van der Waals surface area contributed by atoms with Gasteiger partial charge in [-0.05, 0) is 64.0 Å². The predicted molar refractivity (Wildman–Crippen MR) is 110 cm³/mol. The Morgan fingerprint density at radius 1 is 1.17 bits per heavy atom. The van der Waals surface area contributed by atoms with Crippen LogP contribution < -0.4 is 0 Å². The zero-order valence-electron chi connectivity index (χ0n) is 17.8. The van der Waals surface area contributed by atoms with Crippen molar-refractivity contribution >= 4 is 12.0 Å². The van der Waals surface area contributed by atoms with Crippen LogP contribution in [0.2, 0.25) is 0 Å². The third-order valence-electron chi connectivity index (χ3n) is 7.58. The van der Waals surface area contributed by atoms with Crippen LogP contribution in [0.25, 0.3) is 6.08 Å². The molecule has 2 bridgehead atoms. The van der Waals surface area contributed by atoms with Crippen LogP contribution in [0.3, 0.4) is 0 Å². The van der Waals surface area contributed by atoms with Crippen LogP contribution in [0.4, 0.5) is 0 Å². The van der Waals surface area contributed by atoms with Gasteiger partial charge < -0.3 is 19.3 Å². The summed E-state index contributed by atoms with van der Waals surface area (Å²) in [6.07, 6.45) is 5.23. The average Bonchev–Trinajstić information content (AvgIpc) is 2.90. The minimum atomic E-state index is -0.775. The van der Waals surface area contributed by atoms with Gasteiger partial charge >= 0.3 is 5.97 Å². The van der Waals surface area contributed by atoms with Crippen molar-refractivity contribution in [3.05, 3.63) is 42.2 Å². The lowest BCUT2D eigenvalue weighted by Crippen LogP contribution is -2.69. The van der Waals surface area contributed by atoms with E-state index in [1.165, 1.54) is 6.92 Å². The molecule has 1 aromatic carbocycles. The van der Waals surface area contributed by atoms with Crippen molar-refractivity contribution in [2.45, 2.75) is 82.9 Å². The van der Waals surface area contributed by atoms with Gasteiger partial charge in [-0.1, -0.05) is 30.3 Å². The van der Waals surface area contributed by atoms with E-state index < -0.39 is 17.1 Å². The lowest BCUT2D eigenvalue weighted by molar-refractivity contribution is -0.275. The van der Waals surface area contributed by atoms with Crippen molar-refractivity contribution in [3.8, 4) is 0 Å². The van der Waals surface area contributed by atoms with Crippen molar-refractivity contribution in [2.24, 2.45) is 11.3 Å². The van der Waals surface area contributed by atoms with Gasteiger partial charge in [-0.15, -0.1) is 0 Å². The Bertz CT molecular complexity index is 788. The highest BCUT2D eigenvalue weighted by Gasteiger charge is 2.73. The SMILES string of the molecule is CC(=O)O[C@H]1CC[C@@H](O)[C@@]23C[C@@H](C[C@H](OC=Cc4ccccc4)[C@]12C)C(C)(C)O3. The number of esters is 1. The Labute approximate surface area is 173 Å². The van der Waals surface area contributed by atoms with Gasteiger partial charge in [0.25, 0.3) is 0 Å². The fourth-order valence-electron chi connectivity index (χ4n) is 5.92. The fraction of sp³-hybridized carbons (Fsp3) is 0.625. The van der Waals surface area contributed by atoms with E-state index in [-0.39, 0.29) is 29.7 Å². The van der Waals surface area contributed by atoms with Gasteiger partial charge in [0, 0.05) is 6.92 Å². The van der Waals surface area contributed by atoms with E-state index in [1.54, 1.807) is 6.26 Å². The van der Waals surface area contributed by atoms with E-state index in [2.05, 4.69) is 20.8 Å². The summed E-state index contributed by atoms with van der Waals surface area (Å²) in [5.41, 5.74) is -0.713. The first-order valence-corrected chi connectivity index (χ1v) is 10.6. The van der Waals surface area contributed by atoms with Gasteiger partial charge in [-0.3, -0.25) is 4.79 Å². The average molecular weight is 401 g/mol. The number of carbonyl (C=O) groups excluding carboxylic acids is 1. The molecular weight excluding hydrogens is 368 g/mol. The number of ether oxygens (including phenoxy) is 3. The normalized spacial score (nSPS) is 40.4. The van der Waals surface area contributed by atoms with E-state index in [4.69, 9.17) is 14.2 Å². The first-order valence-electron chi connectivity index (χ1n) is 10.6. The lowest BCUT2D eigenvalue weighted by Gasteiger charge is -2.59. The fourth-order valence-corrected chi connectivity index (χ4v) is 5.92. The van der Waals surface area contributed by atoms with Crippen LogP contribution in [-0.2, 0) is 19.0 Å². The zero-order chi connectivity index (χ0) is 20.9. The van der Waals surface area contributed by atoms with Crippen molar-refractivity contribution in [1.82, 2.24) is 0 Å². The maximum Gasteiger partial charge on any atom is 0.302 e. The highest BCUT2D eigenvalue weighted by Crippen LogP contribution is 2.65.